The van der Waals surface area contributed by atoms with Gasteiger partial charge in [0.05, 0.1) is 11.5 Å². The topological polar surface area (TPSA) is 57.6 Å². The van der Waals surface area contributed by atoms with E-state index in [1.165, 1.54) is 23.5 Å². The SMILES string of the molecule is O=C(O)C1CCN(C(=O)/C(=C/c2ccc(F)cc2)c2cccs2)C1. The van der Waals surface area contributed by atoms with E-state index < -0.39 is 11.9 Å². The van der Waals surface area contributed by atoms with E-state index in [4.69, 9.17) is 5.11 Å². The molecular weight excluding hydrogens is 329 g/mol. The number of aliphatic carboxylic acids is 1. The van der Waals surface area contributed by atoms with Crippen molar-refractivity contribution in [2.75, 3.05) is 13.1 Å². The third-order valence-corrected chi connectivity index (χ3v) is 4.93. The Morgan fingerprint density at radius 2 is 2.00 bits per heavy atom. The van der Waals surface area contributed by atoms with Crippen LogP contribution in [0.15, 0.2) is 41.8 Å². The number of benzene rings is 1. The summed E-state index contributed by atoms with van der Waals surface area (Å²) in [6, 6.07) is 9.62. The highest BCUT2D eigenvalue weighted by molar-refractivity contribution is 7.11. The highest BCUT2D eigenvalue weighted by atomic mass is 32.1. The van der Waals surface area contributed by atoms with Crippen molar-refractivity contribution in [3.8, 4) is 0 Å². The van der Waals surface area contributed by atoms with Gasteiger partial charge < -0.3 is 10.0 Å². The lowest BCUT2D eigenvalue weighted by Gasteiger charge is -2.17. The molecule has 24 heavy (non-hydrogen) atoms. The maximum Gasteiger partial charge on any atom is 0.308 e. The Morgan fingerprint density at radius 1 is 1.25 bits per heavy atom. The number of thiophene rings is 1. The second-order valence-corrected chi connectivity index (χ2v) is 6.61. The molecule has 1 N–H and O–H groups in total. The lowest BCUT2D eigenvalue weighted by atomic mass is 10.1. The molecule has 1 aromatic carbocycles. The van der Waals surface area contributed by atoms with Gasteiger partial charge in [-0.15, -0.1) is 11.3 Å². The number of likely N-dealkylation sites (tertiary alicyclic amines) is 1. The summed E-state index contributed by atoms with van der Waals surface area (Å²) in [5.74, 6) is -1.90. The van der Waals surface area contributed by atoms with Crippen LogP contribution in [0.2, 0.25) is 0 Å². The quantitative estimate of drug-likeness (QED) is 0.865. The van der Waals surface area contributed by atoms with Gasteiger partial charge in [0, 0.05) is 18.0 Å². The zero-order valence-electron chi connectivity index (χ0n) is 12.8. The first-order chi connectivity index (χ1) is 11.5. The zero-order valence-corrected chi connectivity index (χ0v) is 13.6. The zero-order chi connectivity index (χ0) is 17.1. The van der Waals surface area contributed by atoms with E-state index in [-0.39, 0.29) is 18.3 Å². The van der Waals surface area contributed by atoms with Gasteiger partial charge in [0.25, 0.3) is 5.91 Å². The number of hydrogen-bond acceptors (Lipinski definition) is 3. The van der Waals surface area contributed by atoms with Crippen LogP contribution in [-0.2, 0) is 9.59 Å². The van der Waals surface area contributed by atoms with Crippen molar-refractivity contribution in [1.29, 1.82) is 0 Å². The fourth-order valence-electron chi connectivity index (χ4n) is 2.71. The van der Waals surface area contributed by atoms with E-state index in [9.17, 15) is 14.0 Å². The van der Waals surface area contributed by atoms with Crippen LogP contribution < -0.4 is 0 Å². The van der Waals surface area contributed by atoms with E-state index >= 15 is 0 Å². The highest BCUT2D eigenvalue weighted by Crippen LogP contribution is 2.28. The molecule has 0 radical (unpaired) electrons. The average molecular weight is 345 g/mol. The fourth-order valence-corrected chi connectivity index (χ4v) is 3.45. The number of carbonyl (C=O) groups is 2. The first-order valence-corrected chi connectivity index (χ1v) is 8.46. The third-order valence-electron chi connectivity index (χ3n) is 4.02. The Labute approximate surface area is 142 Å². The van der Waals surface area contributed by atoms with Gasteiger partial charge in [-0.05, 0) is 41.6 Å². The molecule has 1 fully saturated rings. The maximum atomic E-state index is 13.1. The summed E-state index contributed by atoms with van der Waals surface area (Å²) >= 11 is 1.44. The number of nitrogens with zero attached hydrogens (tertiary/aromatic N) is 1. The van der Waals surface area contributed by atoms with Crippen LogP contribution in [0.25, 0.3) is 11.6 Å². The molecule has 124 valence electrons. The Kier molecular flexibility index (Phi) is 4.76. The molecule has 1 aliphatic rings. The number of carboxylic acids is 1. The van der Waals surface area contributed by atoms with Crippen LogP contribution in [0.5, 0.6) is 0 Å². The molecule has 4 nitrogen and oxygen atoms in total. The first-order valence-electron chi connectivity index (χ1n) is 7.58. The molecule has 0 saturated carbocycles. The van der Waals surface area contributed by atoms with Gasteiger partial charge in [0.1, 0.15) is 5.82 Å². The van der Waals surface area contributed by atoms with Crippen molar-refractivity contribution >= 4 is 34.9 Å². The largest absolute Gasteiger partial charge is 0.481 e. The van der Waals surface area contributed by atoms with E-state index in [1.54, 1.807) is 23.1 Å². The van der Waals surface area contributed by atoms with Crippen molar-refractivity contribution in [2.24, 2.45) is 5.92 Å². The first kappa shape index (κ1) is 16.4. The molecular formula is C18H16FNO3S. The van der Waals surface area contributed by atoms with Crippen LogP contribution >= 0.6 is 11.3 Å². The summed E-state index contributed by atoms with van der Waals surface area (Å²) in [4.78, 5) is 26.4. The minimum absolute atomic E-state index is 0.189. The van der Waals surface area contributed by atoms with Crippen molar-refractivity contribution in [2.45, 2.75) is 6.42 Å². The van der Waals surface area contributed by atoms with E-state index in [0.717, 1.165) is 10.4 Å². The number of amides is 1. The molecule has 1 atom stereocenters. The molecule has 1 aromatic heterocycles. The van der Waals surface area contributed by atoms with Gasteiger partial charge in [-0.1, -0.05) is 18.2 Å². The number of carbonyl (C=O) groups excluding carboxylic acids is 1. The van der Waals surface area contributed by atoms with E-state index in [2.05, 4.69) is 0 Å². The predicted molar refractivity (Wildman–Crippen MR) is 90.9 cm³/mol. The summed E-state index contributed by atoms with van der Waals surface area (Å²) in [6.07, 6.45) is 2.19. The number of hydrogen-bond donors (Lipinski definition) is 1. The van der Waals surface area contributed by atoms with Crippen LogP contribution in [0.4, 0.5) is 4.39 Å². The summed E-state index contributed by atoms with van der Waals surface area (Å²) < 4.78 is 13.1. The lowest BCUT2D eigenvalue weighted by Crippen LogP contribution is -2.30. The molecule has 0 bridgehead atoms. The van der Waals surface area contributed by atoms with Crippen LogP contribution in [-0.4, -0.2) is 35.0 Å². The van der Waals surface area contributed by atoms with Gasteiger partial charge in [-0.2, -0.15) is 0 Å². The minimum Gasteiger partial charge on any atom is -0.481 e. The van der Waals surface area contributed by atoms with Crippen LogP contribution in [0, 0.1) is 11.7 Å². The molecule has 1 unspecified atom stereocenters. The number of rotatable bonds is 4. The van der Waals surface area contributed by atoms with Crippen LogP contribution in [0.3, 0.4) is 0 Å². The monoisotopic (exact) mass is 345 g/mol. The van der Waals surface area contributed by atoms with Gasteiger partial charge in [-0.25, -0.2) is 4.39 Å². The van der Waals surface area contributed by atoms with Crippen molar-refractivity contribution in [3.05, 3.63) is 58.0 Å². The molecule has 0 aliphatic carbocycles. The third kappa shape index (κ3) is 3.54. The molecule has 3 rings (SSSR count). The summed E-state index contributed by atoms with van der Waals surface area (Å²) in [5.41, 5.74) is 1.23. The molecule has 1 saturated heterocycles. The minimum atomic E-state index is -0.870. The second kappa shape index (κ2) is 6.97. The van der Waals surface area contributed by atoms with Gasteiger partial charge >= 0.3 is 5.97 Å². The Hall–Kier alpha value is -2.47. The average Bonchev–Trinajstić information content (AvgIpc) is 3.25. The Balaban J connectivity index is 1.90. The molecule has 1 aliphatic heterocycles. The van der Waals surface area contributed by atoms with Crippen molar-refractivity contribution in [3.63, 3.8) is 0 Å². The molecule has 1 amide bonds. The molecule has 6 heteroatoms. The second-order valence-electron chi connectivity index (χ2n) is 5.66. The summed E-state index contributed by atoms with van der Waals surface area (Å²) in [6.45, 7) is 0.655. The van der Waals surface area contributed by atoms with Crippen molar-refractivity contribution in [1.82, 2.24) is 4.90 Å². The summed E-state index contributed by atoms with van der Waals surface area (Å²) in [7, 11) is 0. The number of carboxylic acid groups (broad SMARTS) is 1. The normalized spacial score (nSPS) is 18.0. The van der Waals surface area contributed by atoms with E-state index in [1.807, 2.05) is 17.5 Å². The fraction of sp³-hybridized carbons (Fsp3) is 0.222. The molecule has 2 heterocycles. The Bertz CT molecular complexity index is 768. The highest BCUT2D eigenvalue weighted by Gasteiger charge is 2.32. The van der Waals surface area contributed by atoms with Gasteiger partial charge in [0.15, 0.2) is 0 Å². The van der Waals surface area contributed by atoms with Crippen molar-refractivity contribution < 1.29 is 19.1 Å². The Morgan fingerprint density at radius 3 is 2.58 bits per heavy atom. The molecule has 0 spiro atoms. The van der Waals surface area contributed by atoms with E-state index in [0.29, 0.717) is 18.5 Å². The lowest BCUT2D eigenvalue weighted by molar-refractivity contribution is -0.141. The summed E-state index contributed by atoms with van der Waals surface area (Å²) in [5, 5.41) is 11.0. The maximum absolute atomic E-state index is 13.1. The van der Waals surface area contributed by atoms with Gasteiger partial charge in [0.2, 0.25) is 0 Å². The molecule has 2 aromatic rings. The standard InChI is InChI=1S/C18H16FNO3S/c19-14-5-3-12(4-6-14)10-15(16-2-1-9-24-16)17(21)20-8-7-13(11-20)18(22)23/h1-6,9-10,13H,7-8,11H2,(H,22,23)/b15-10+. The smallest absolute Gasteiger partial charge is 0.308 e. The predicted octanol–water partition coefficient (Wildman–Crippen LogP) is 3.36. The number of halogens is 1. The van der Waals surface area contributed by atoms with Crippen LogP contribution in [0.1, 0.15) is 16.9 Å². The van der Waals surface area contributed by atoms with Gasteiger partial charge in [-0.3, -0.25) is 9.59 Å².